The van der Waals surface area contributed by atoms with E-state index in [1.807, 2.05) is 43.3 Å². The molecule has 1 aromatic carbocycles. The number of rotatable bonds is 4. The molecule has 1 fully saturated rings. The van der Waals surface area contributed by atoms with Gasteiger partial charge in [0.15, 0.2) is 5.76 Å². The van der Waals surface area contributed by atoms with Gasteiger partial charge in [0, 0.05) is 36.7 Å². The summed E-state index contributed by atoms with van der Waals surface area (Å²) in [6.45, 7) is 2.64. The first-order valence-electron chi connectivity index (χ1n) is 10.4. The minimum Gasteiger partial charge on any atom is -0.459 e. The molecule has 1 saturated heterocycles. The van der Waals surface area contributed by atoms with Gasteiger partial charge in [-0.15, -0.1) is 0 Å². The highest BCUT2D eigenvalue weighted by Gasteiger charge is 2.29. The van der Waals surface area contributed by atoms with Crippen LogP contribution < -0.4 is 5.32 Å². The largest absolute Gasteiger partial charge is 0.459 e. The third-order valence-corrected chi connectivity index (χ3v) is 5.82. The van der Waals surface area contributed by atoms with Crippen molar-refractivity contribution in [3.63, 3.8) is 0 Å². The first-order chi connectivity index (χ1) is 14.5. The van der Waals surface area contributed by atoms with Crippen molar-refractivity contribution >= 4 is 17.5 Å². The number of hydrogen-bond acceptors (Lipinski definition) is 3. The van der Waals surface area contributed by atoms with Crippen LogP contribution in [-0.2, 0) is 7.05 Å². The Balaban J connectivity index is 1.61. The van der Waals surface area contributed by atoms with Crippen LogP contribution in [0.1, 0.15) is 63.9 Å². The lowest BCUT2D eigenvalue weighted by Crippen LogP contribution is -2.35. The number of aromatic nitrogens is 1. The Hall–Kier alpha value is -3.28. The number of amides is 2. The molecule has 4 rings (SSSR count). The van der Waals surface area contributed by atoms with Crippen LogP contribution in [0.4, 0.5) is 5.69 Å². The van der Waals surface area contributed by atoms with Crippen LogP contribution in [-0.4, -0.2) is 27.8 Å². The molecule has 30 heavy (non-hydrogen) atoms. The van der Waals surface area contributed by atoms with E-state index in [1.54, 1.807) is 18.2 Å². The molecule has 1 aliphatic rings. The lowest BCUT2D eigenvalue weighted by atomic mass is 10.0. The van der Waals surface area contributed by atoms with E-state index < -0.39 is 0 Å². The number of nitrogens with one attached hydrogen (secondary N) is 1. The standard InChI is InChI=1S/C24H27N3O3/c1-17-11-12-18(16-19(17)25-23(28)22-10-7-15-30-22)24(29)27-14-5-3-4-8-21(27)20-9-6-13-26(20)2/h6-7,9-13,15-16,21H,3-5,8,14H2,1-2H3,(H,25,28). The molecule has 3 aromatic rings. The average Bonchev–Trinajstić information content (AvgIpc) is 3.36. The molecular formula is C24H27N3O3. The number of carbonyl (C=O) groups excluding carboxylic acids is 2. The quantitative estimate of drug-likeness (QED) is 0.669. The monoisotopic (exact) mass is 405 g/mol. The van der Waals surface area contributed by atoms with Crippen LogP contribution in [0.15, 0.2) is 59.3 Å². The second kappa shape index (κ2) is 8.61. The van der Waals surface area contributed by atoms with Crippen molar-refractivity contribution in [1.82, 2.24) is 9.47 Å². The highest BCUT2D eigenvalue weighted by Crippen LogP contribution is 2.32. The van der Waals surface area contributed by atoms with Gasteiger partial charge < -0.3 is 19.2 Å². The number of aryl methyl sites for hydroxylation is 2. The van der Waals surface area contributed by atoms with Crippen molar-refractivity contribution in [3.05, 3.63) is 77.5 Å². The van der Waals surface area contributed by atoms with Gasteiger partial charge in [-0.25, -0.2) is 0 Å². The number of nitrogens with zero attached hydrogens (tertiary/aromatic N) is 2. The summed E-state index contributed by atoms with van der Waals surface area (Å²) in [6.07, 6.45) is 7.68. The predicted molar refractivity (Wildman–Crippen MR) is 115 cm³/mol. The zero-order valence-electron chi connectivity index (χ0n) is 17.4. The van der Waals surface area contributed by atoms with E-state index in [0.29, 0.717) is 11.3 Å². The minimum absolute atomic E-state index is 0.00315. The third kappa shape index (κ3) is 4.03. The zero-order chi connectivity index (χ0) is 21.1. The van der Waals surface area contributed by atoms with Crippen LogP contribution in [0, 0.1) is 6.92 Å². The summed E-state index contributed by atoms with van der Waals surface area (Å²) in [5, 5.41) is 2.86. The van der Waals surface area contributed by atoms with E-state index in [-0.39, 0.29) is 23.6 Å². The molecule has 0 aliphatic carbocycles. The maximum absolute atomic E-state index is 13.5. The van der Waals surface area contributed by atoms with E-state index in [0.717, 1.165) is 43.5 Å². The summed E-state index contributed by atoms with van der Waals surface area (Å²) in [5.41, 5.74) is 3.24. The molecule has 6 nitrogen and oxygen atoms in total. The van der Waals surface area contributed by atoms with Crippen LogP contribution in [0.5, 0.6) is 0 Å². The molecular weight excluding hydrogens is 378 g/mol. The van der Waals surface area contributed by atoms with Gasteiger partial charge in [0.05, 0.1) is 12.3 Å². The van der Waals surface area contributed by atoms with Crippen LogP contribution in [0.25, 0.3) is 0 Å². The molecule has 3 heterocycles. The summed E-state index contributed by atoms with van der Waals surface area (Å²) in [7, 11) is 2.02. The Labute approximate surface area is 176 Å². The van der Waals surface area contributed by atoms with Gasteiger partial charge in [0.2, 0.25) is 0 Å². The Morgan fingerprint density at radius 3 is 2.70 bits per heavy atom. The Morgan fingerprint density at radius 2 is 1.97 bits per heavy atom. The minimum atomic E-state index is -0.329. The Kier molecular flexibility index (Phi) is 5.74. The van der Waals surface area contributed by atoms with Gasteiger partial charge in [-0.2, -0.15) is 0 Å². The summed E-state index contributed by atoms with van der Waals surface area (Å²) in [6, 6.07) is 12.9. The molecule has 6 heteroatoms. The van der Waals surface area contributed by atoms with Crippen molar-refractivity contribution < 1.29 is 14.0 Å². The Bertz CT molecular complexity index is 1040. The van der Waals surface area contributed by atoms with Crippen molar-refractivity contribution in [1.29, 1.82) is 0 Å². The fourth-order valence-corrected chi connectivity index (χ4v) is 4.13. The number of carbonyl (C=O) groups is 2. The molecule has 156 valence electrons. The molecule has 0 radical (unpaired) electrons. The lowest BCUT2D eigenvalue weighted by Gasteiger charge is -2.31. The number of hydrogen-bond donors (Lipinski definition) is 1. The smallest absolute Gasteiger partial charge is 0.291 e. The maximum Gasteiger partial charge on any atom is 0.291 e. The first kappa shape index (κ1) is 20.0. The number of benzene rings is 1. The van der Waals surface area contributed by atoms with Gasteiger partial charge in [-0.05, 0) is 61.7 Å². The molecule has 1 atom stereocenters. The zero-order valence-corrected chi connectivity index (χ0v) is 17.4. The fraction of sp³-hybridized carbons (Fsp3) is 0.333. The lowest BCUT2D eigenvalue weighted by molar-refractivity contribution is 0.0674. The predicted octanol–water partition coefficient (Wildman–Crippen LogP) is 4.94. The molecule has 0 spiro atoms. The maximum atomic E-state index is 13.5. The van der Waals surface area contributed by atoms with E-state index in [4.69, 9.17) is 4.42 Å². The second-order valence-corrected chi connectivity index (χ2v) is 7.87. The molecule has 1 aliphatic heterocycles. The van der Waals surface area contributed by atoms with Crippen LogP contribution in [0.3, 0.4) is 0 Å². The van der Waals surface area contributed by atoms with Gasteiger partial charge in [-0.3, -0.25) is 9.59 Å². The summed E-state index contributed by atoms with van der Waals surface area (Å²) < 4.78 is 7.27. The molecule has 0 saturated carbocycles. The van der Waals surface area contributed by atoms with Crippen molar-refractivity contribution in [2.24, 2.45) is 7.05 Å². The highest BCUT2D eigenvalue weighted by molar-refractivity contribution is 6.04. The van der Waals surface area contributed by atoms with Gasteiger partial charge in [0.1, 0.15) is 0 Å². The van der Waals surface area contributed by atoms with E-state index >= 15 is 0 Å². The summed E-state index contributed by atoms with van der Waals surface area (Å²) in [4.78, 5) is 27.9. The number of likely N-dealkylation sites (tertiary alicyclic amines) is 1. The summed E-state index contributed by atoms with van der Waals surface area (Å²) in [5.74, 6) is -0.0943. The van der Waals surface area contributed by atoms with Crippen LogP contribution >= 0.6 is 0 Å². The summed E-state index contributed by atoms with van der Waals surface area (Å²) >= 11 is 0. The molecule has 0 bridgehead atoms. The van der Waals surface area contributed by atoms with Crippen molar-refractivity contribution in [3.8, 4) is 0 Å². The number of anilines is 1. The molecule has 2 amide bonds. The fourth-order valence-electron chi connectivity index (χ4n) is 4.13. The van der Waals surface area contributed by atoms with Crippen molar-refractivity contribution in [2.75, 3.05) is 11.9 Å². The van der Waals surface area contributed by atoms with Gasteiger partial charge in [-0.1, -0.05) is 18.9 Å². The normalized spacial score (nSPS) is 16.9. The highest BCUT2D eigenvalue weighted by atomic mass is 16.3. The Morgan fingerprint density at radius 1 is 1.10 bits per heavy atom. The molecule has 1 unspecified atom stereocenters. The van der Waals surface area contributed by atoms with E-state index in [9.17, 15) is 9.59 Å². The SMILES string of the molecule is Cc1ccc(C(=O)N2CCCCCC2c2cccn2C)cc1NC(=O)c1ccco1. The number of furan rings is 1. The van der Waals surface area contributed by atoms with Gasteiger partial charge >= 0.3 is 0 Å². The van der Waals surface area contributed by atoms with Crippen molar-refractivity contribution in [2.45, 2.75) is 38.6 Å². The molecule has 1 N–H and O–H groups in total. The van der Waals surface area contributed by atoms with Gasteiger partial charge in [0.25, 0.3) is 11.8 Å². The molecule has 2 aromatic heterocycles. The first-order valence-corrected chi connectivity index (χ1v) is 10.4. The van der Waals surface area contributed by atoms with Crippen LogP contribution in [0.2, 0.25) is 0 Å². The topological polar surface area (TPSA) is 67.5 Å². The van der Waals surface area contributed by atoms with E-state index in [2.05, 4.69) is 16.0 Å². The average molecular weight is 405 g/mol. The van der Waals surface area contributed by atoms with E-state index in [1.165, 1.54) is 6.26 Å². The second-order valence-electron chi connectivity index (χ2n) is 7.87. The third-order valence-electron chi connectivity index (χ3n) is 5.82.